The zero-order valence-corrected chi connectivity index (χ0v) is 13.6. The SMILES string of the molecule is COc1cc([N+](=O)[O-])cc2c1N[C@@H](c1ccc(F)cc1)[C@H]1CC=C[C@H]21. The first-order chi connectivity index (χ1) is 12.1. The topological polar surface area (TPSA) is 64.4 Å². The Morgan fingerprint density at radius 1 is 1.28 bits per heavy atom. The molecule has 1 N–H and O–H groups in total. The summed E-state index contributed by atoms with van der Waals surface area (Å²) in [5.41, 5.74) is 2.67. The van der Waals surface area contributed by atoms with Crippen molar-refractivity contribution in [2.24, 2.45) is 5.92 Å². The smallest absolute Gasteiger partial charge is 0.273 e. The summed E-state index contributed by atoms with van der Waals surface area (Å²) >= 11 is 0. The predicted octanol–water partition coefficient (Wildman–Crippen LogP) is 4.57. The fourth-order valence-corrected chi connectivity index (χ4v) is 3.92. The van der Waals surface area contributed by atoms with Gasteiger partial charge in [-0.3, -0.25) is 10.1 Å². The van der Waals surface area contributed by atoms with Gasteiger partial charge in [0.2, 0.25) is 0 Å². The zero-order chi connectivity index (χ0) is 17.6. The molecule has 0 radical (unpaired) electrons. The van der Waals surface area contributed by atoms with Crippen LogP contribution < -0.4 is 10.1 Å². The summed E-state index contributed by atoms with van der Waals surface area (Å²) in [6.45, 7) is 0. The number of hydrogen-bond acceptors (Lipinski definition) is 4. The Morgan fingerprint density at radius 2 is 2.04 bits per heavy atom. The van der Waals surface area contributed by atoms with Gasteiger partial charge >= 0.3 is 0 Å². The third kappa shape index (κ3) is 2.54. The monoisotopic (exact) mass is 340 g/mol. The van der Waals surface area contributed by atoms with Crippen molar-refractivity contribution in [1.82, 2.24) is 0 Å². The van der Waals surface area contributed by atoms with Gasteiger partial charge < -0.3 is 10.1 Å². The minimum atomic E-state index is -0.400. The molecule has 2 aromatic carbocycles. The van der Waals surface area contributed by atoms with Gasteiger partial charge in [0, 0.05) is 12.0 Å². The highest BCUT2D eigenvalue weighted by Crippen LogP contribution is 2.53. The molecule has 2 aliphatic rings. The van der Waals surface area contributed by atoms with Crippen molar-refractivity contribution < 1.29 is 14.1 Å². The maximum atomic E-state index is 13.3. The first-order valence-electron chi connectivity index (χ1n) is 8.13. The lowest BCUT2D eigenvalue weighted by Gasteiger charge is -2.38. The number of ether oxygens (including phenoxy) is 1. The van der Waals surface area contributed by atoms with E-state index in [0.717, 1.165) is 23.2 Å². The van der Waals surface area contributed by atoms with Crippen molar-refractivity contribution in [2.75, 3.05) is 12.4 Å². The van der Waals surface area contributed by atoms with E-state index >= 15 is 0 Å². The average molecular weight is 340 g/mol. The number of methoxy groups -OCH3 is 1. The van der Waals surface area contributed by atoms with Crippen LogP contribution in [0.3, 0.4) is 0 Å². The number of benzene rings is 2. The second-order valence-corrected chi connectivity index (χ2v) is 6.40. The van der Waals surface area contributed by atoms with Crippen LogP contribution in [0.25, 0.3) is 0 Å². The highest BCUT2D eigenvalue weighted by Gasteiger charge is 2.40. The van der Waals surface area contributed by atoms with E-state index in [1.807, 2.05) is 0 Å². The minimum Gasteiger partial charge on any atom is -0.494 e. The maximum absolute atomic E-state index is 13.3. The lowest BCUT2D eigenvalue weighted by atomic mass is 9.76. The standard InChI is InChI=1S/C19H17FN2O3/c1-25-17-10-13(22(23)24)9-16-14-3-2-4-15(14)18(21-19(16)17)11-5-7-12(20)8-6-11/h2-3,5-10,14-15,18,21H,4H2,1H3/t14-,15-,18-/m0/s1. The molecule has 4 rings (SSSR count). The number of anilines is 1. The molecule has 1 aliphatic heterocycles. The highest BCUT2D eigenvalue weighted by molar-refractivity contribution is 5.71. The number of nitro benzene ring substituents is 1. The van der Waals surface area contributed by atoms with E-state index in [1.54, 1.807) is 18.2 Å². The van der Waals surface area contributed by atoms with Crippen molar-refractivity contribution in [1.29, 1.82) is 0 Å². The number of nitro groups is 1. The molecule has 5 nitrogen and oxygen atoms in total. The second-order valence-electron chi connectivity index (χ2n) is 6.40. The van der Waals surface area contributed by atoms with Crippen LogP contribution in [0.1, 0.15) is 29.5 Å². The summed E-state index contributed by atoms with van der Waals surface area (Å²) in [6, 6.07) is 9.53. The molecule has 0 bridgehead atoms. The van der Waals surface area contributed by atoms with Gasteiger partial charge in [0.25, 0.3) is 5.69 Å². The first-order valence-corrected chi connectivity index (χ1v) is 8.13. The summed E-state index contributed by atoms with van der Waals surface area (Å²) in [6.07, 6.45) is 5.07. The average Bonchev–Trinajstić information content (AvgIpc) is 3.10. The lowest BCUT2D eigenvalue weighted by Crippen LogP contribution is -2.29. The van der Waals surface area contributed by atoms with Crippen LogP contribution in [-0.4, -0.2) is 12.0 Å². The summed E-state index contributed by atoms with van der Waals surface area (Å²) in [7, 11) is 1.50. The fraction of sp³-hybridized carbons (Fsp3) is 0.263. The molecule has 6 heteroatoms. The molecule has 0 aromatic heterocycles. The van der Waals surface area contributed by atoms with Crippen LogP contribution in [0, 0.1) is 21.8 Å². The zero-order valence-electron chi connectivity index (χ0n) is 13.6. The van der Waals surface area contributed by atoms with Gasteiger partial charge in [-0.25, -0.2) is 4.39 Å². The fourth-order valence-electron chi connectivity index (χ4n) is 3.92. The van der Waals surface area contributed by atoms with E-state index in [9.17, 15) is 14.5 Å². The van der Waals surface area contributed by atoms with Crippen LogP contribution in [0.4, 0.5) is 15.8 Å². The molecule has 0 saturated heterocycles. The van der Waals surface area contributed by atoms with E-state index in [2.05, 4.69) is 17.5 Å². The molecule has 1 heterocycles. The van der Waals surface area contributed by atoms with Crippen molar-refractivity contribution in [3.63, 3.8) is 0 Å². The van der Waals surface area contributed by atoms with Crippen LogP contribution in [0.5, 0.6) is 5.75 Å². The molecular formula is C19H17FN2O3. The molecule has 1 aliphatic carbocycles. The van der Waals surface area contributed by atoms with E-state index in [0.29, 0.717) is 5.75 Å². The van der Waals surface area contributed by atoms with Gasteiger partial charge in [0.05, 0.1) is 29.8 Å². The van der Waals surface area contributed by atoms with E-state index in [4.69, 9.17) is 4.74 Å². The van der Waals surface area contributed by atoms with E-state index in [1.165, 1.54) is 25.3 Å². The predicted molar refractivity (Wildman–Crippen MR) is 92.4 cm³/mol. The Kier molecular flexibility index (Phi) is 3.67. The van der Waals surface area contributed by atoms with Crippen molar-refractivity contribution in [3.05, 3.63) is 75.6 Å². The molecule has 0 unspecified atom stereocenters. The lowest BCUT2D eigenvalue weighted by molar-refractivity contribution is -0.385. The highest BCUT2D eigenvalue weighted by atomic mass is 19.1. The largest absolute Gasteiger partial charge is 0.494 e. The third-order valence-electron chi connectivity index (χ3n) is 5.08. The third-order valence-corrected chi connectivity index (χ3v) is 5.08. The van der Waals surface area contributed by atoms with Crippen LogP contribution >= 0.6 is 0 Å². The van der Waals surface area contributed by atoms with Gasteiger partial charge in [0.1, 0.15) is 11.6 Å². The number of fused-ring (bicyclic) bond motifs is 3. The molecule has 0 spiro atoms. The summed E-state index contributed by atoms with van der Waals surface area (Å²) in [5.74, 6) is 0.481. The normalized spacial score (nSPS) is 23.5. The van der Waals surface area contributed by atoms with Crippen molar-refractivity contribution in [2.45, 2.75) is 18.4 Å². The summed E-state index contributed by atoms with van der Waals surface area (Å²) < 4.78 is 18.7. The molecular weight excluding hydrogens is 323 g/mol. The van der Waals surface area contributed by atoms with Gasteiger partial charge in [-0.05, 0) is 35.6 Å². The van der Waals surface area contributed by atoms with Crippen LogP contribution in [0.2, 0.25) is 0 Å². The summed E-state index contributed by atoms with van der Waals surface area (Å²) in [5, 5.41) is 14.7. The molecule has 2 aromatic rings. The number of nitrogens with one attached hydrogen (secondary N) is 1. The Hall–Kier alpha value is -2.89. The van der Waals surface area contributed by atoms with Crippen LogP contribution in [0.15, 0.2) is 48.6 Å². The summed E-state index contributed by atoms with van der Waals surface area (Å²) in [4.78, 5) is 10.8. The number of rotatable bonds is 3. The van der Waals surface area contributed by atoms with E-state index in [-0.39, 0.29) is 29.4 Å². The Bertz CT molecular complexity index is 864. The molecule has 0 amide bonds. The molecule has 0 saturated carbocycles. The molecule has 3 atom stereocenters. The molecule has 25 heavy (non-hydrogen) atoms. The first kappa shape index (κ1) is 15.6. The molecule has 128 valence electrons. The number of hydrogen-bond donors (Lipinski definition) is 1. The number of halogens is 1. The van der Waals surface area contributed by atoms with Gasteiger partial charge in [-0.2, -0.15) is 0 Å². The number of non-ortho nitro benzene ring substituents is 1. The molecule has 0 fully saturated rings. The Morgan fingerprint density at radius 3 is 2.72 bits per heavy atom. The van der Waals surface area contributed by atoms with Crippen LogP contribution in [-0.2, 0) is 0 Å². The number of nitrogens with zero attached hydrogens (tertiary/aromatic N) is 1. The maximum Gasteiger partial charge on any atom is 0.273 e. The van der Waals surface area contributed by atoms with E-state index < -0.39 is 4.92 Å². The quantitative estimate of drug-likeness (QED) is 0.505. The Balaban J connectivity index is 1.84. The number of allylic oxidation sites excluding steroid dienone is 2. The van der Waals surface area contributed by atoms with Gasteiger partial charge in [-0.15, -0.1) is 0 Å². The van der Waals surface area contributed by atoms with Gasteiger partial charge in [-0.1, -0.05) is 24.3 Å². The van der Waals surface area contributed by atoms with Gasteiger partial charge in [0.15, 0.2) is 0 Å². The van der Waals surface area contributed by atoms with Crippen molar-refractivity contribution >= 4 is 11.4 Å². The second kappa shape index (κ2) is 5.88. The van der Waals surface area contributed by atoms with Crippen molar-refractivity contribution in [3.8, 4) is 5.75 Å². The minimum absolute atomic E-state index is 0.0107. The Labute approximate surface area is 144 Å².